The van der Waals surface area contributed by atoms with Crippen molar-refractivity contribution in [3.63, 3.8) is 0 Å². The van der Waals surface area contributed by atoms with E-state index in [0.717, 1.165) is 43.4 Å². The van der Waals surface area contributed by atoms with Gasteiger partial charge < -0.3 is 15.0 Å². The normalized spacial score (nSPS) is 14.9. The van der Waals surface area contributed by atoms with E-state index in [1.54, 1.807) is 6.92 Å². The Labute approximate surface area is 133 Å². The van der Waals surface area contributed by atoms with Gasteiger partial charge in [0.15, 0.2) is 0 Å². The lowest BCUT2D eigenvalue weighted by Gasteiger charge is -2.28. The molecule has 1 aromatic carbocycles. The number of nitrogens with one attached hydrogen (secondary N) is 1. The van der Waals surface area contributed by atoms with E-state index in [4.69, 9.17) is 4.74 Å². The summed E-state index contributed by atoms with van der Waals surface area (Å²) in [7, 11) is 0. The summed E-state index contributed by atoms with van der Waals surface area (Å²) in [5.74, 6) is -0.121. The highest BCUT2D eigenvalue weighted by Gasteiger charge is 2.13. The lowest BCUT2D eigenvalue weighted by Crippen LogP contribution is -2.36. The molecule has 1 saturated heterocycles. The molecule has 22 heavy (non-hydrogen) atoms. The van der Waals surface area contributed by atoms with Crippen LogP contribution in [0.1, 0.15) is 20.9 Å². The zero-order chi connectivity index (χ0) is 15.4. The number of rotatable bonds is 4. The van der Waals surface area contributed by atoms with Gasteiger partial charge in [-0.3, -0.25) is 4.79 Å². The summed E-state index contributed by atoms with van der Waals surface area (Å²) in [4.78, 5) is 14.9. The number of amides is 1. The molecule has 0 aliphatic carbocycles. The maximum absolute atomic E-state index is 12.0. The predicted octanol–water partition coefficient (Wildman–Crippen LogP) is 1.61. The van der Waals surface area contributed by atoms with E-state index >= 15 is 0 Å². The first-order valence-electron chi connectivity index (χ1n) is 7.23. The molecule has 3 rings (SSSR count). The van der Waals surface area contributed by atoms with E-state index in [1.165, 1.54) is 5.69 Å². The van der Waals surface area contributed by atoms with Gasteiger partial charge in [0, 0.05) is 25.3 Å². The van der Waals surface area contributed by atoms with Crippen molar-refractivity contribution in [2.24, 2.45) is 0 Å². The van der Waals surface area contributed by atoms with Crippen LogP contribution >= 0.6 is 11.5 Å². The molecule has 1 aliphatic rings. The number of anilines is 1. The van der Waals surface area contributed by atoms with Crippen molar-refractivity contribution in [1.82, 2.24) is 14.9 Å². The largest absolute Gasteiger partial charge is 0.378 e. The molecule has 0 atom stereocenters. The van der Waals surface area contributed by atoms with Crippen LogP contribution in [-0.4, -0.2) is 41.8 Å². The third-order valence-electron chi connectivity index (χ3n) is 3.62. The van der Waals surface area contributed by atoms with Crippen LogP contribution in [0.5, 0.6) is 0 Å². The van der Waals surface area contributed by atoms with Crippen molar-refractivity contribution in [3.05, 3.63) is 40.4 Å². The number of hydrogen-bond donors (Lipinski definition) is 1. The fourth-order valence-electron chi connectivity index (χ4n) is 2.35. The van der Waals surface area contributed by atoms with Gasteiger partial charge in [0.1, 0.15) is 4.88 Å². The first-order chi connectivity index (χ1) is 10.7. The highest BCUT2D eigenvalue weighted by atomic mass is 32.1. The molecule has 1 amide bonds. The van der Waals surface area contributed by atoms with Crippen LogP contribution in [-0.2, 0) is 11.3 Å². The average molecular weight is 318 g/mol. The second-order valence-electron chi connectivity index (χ2n) is 5.14. The van der Waals surface area contributed by atoms with E-state index in [1.807, 2.05) is 12.1 Å². The third-order valence-corrected chi connectivity index (χ3v) is 4.45. The van der Waals surface area contributed by atoms with Crippen molar-refractivity contribution in [2.45, 2.75) is 13.5 Å². The maximum Gasteiger partial charge on any atom is 0.265 e. The fourth-order valence-corrected chi connectivity index (χ4v) is 2.92. The van der Waals surface area contributed by atoms with Crippen molar-refractivity contribution in [3.8, 4) is 0 Å². The lowest BCUT2D eigenvalue weighted by atomic mass is 10.2. The molecule has 0 bridgehead atoms. The van der Waals surface area contributed by atoms with E-state index in [0.29, 0.717) is 17.1 Å². The Hall–Kier alpha value is -1.99. The molecule has 116 valence electrons. The van der Waals surface area contributed by atoms with Gasteiger partial charge in [0.05, 0.1) is 18.9 Å². The summed E-state index contributed by atoms with van der Waals surface area (Å²) in [6, 6.07) is 8.27. The molecule has 1 aromatic heterocycles. The molecule has 0 saturated carbocycles. The van der Waals surface area contributed by atoms with Crippen molar-refractivity contribution in [2.75, 3.05) is 31.2 Å². The molecule has 1 fully saturated rings. The Balaban J connectivity index is 1.57. The van der Waals surface area contributed by atoms with E-state index in [9.17, 15) is 4.79 Å². The molecule has 7 heteroatoms. The second-order valence-corrected chi connectivity index (χ2v) is 5.89. The maximum atomic E-state index is 12.0. The summed E-state index contributed by atoms with van der Waals surface area (Å²) < 4.78 is 9.13. The number of carbonyl (C=O) groups excluding carboxylic acids is 1. The van der Waals surface area contributed by atoms with Crippen LogP contribution in [0.4, 0.5) is 5.69 Å². The smallest absolute Gasteiger partial charge is 0.265 e. The Morgan fingerprint density at radius 2 is 2.05 bits per heavy atom. The number of carbonyl (C=O) groups is 1. The van der Waals surface area contributed by atoms with Gasteiger partial charge in [-0.15, -0.1) is 5.10 Å². The van der Waals surface area contributed by atoms with Crippen LogP contribution in [0, 0.1) is 6.92 Å². The van der Waals surface area contributed by atoms with Crippen LogP contribution in [0.15, 0.2) is 24.3 Å². The number of aryl methyl sites for hydroxylation is 1. The molecule has 0 unspecified atom stereocenters. The first kappa shape index (κ1) is 14.9. The first-order valence-corrected chi connectivity index (χ1v) is 8.00. The van der Waals surface area contributed by atoms with Gasteiger partial charge in [-0.25, -0.2) is 0 Å². The molecule has 1 N–H and O–H groups in total. The van der Waals surface area contributed by atoms with Crippen LogP contribution in [0.25, 0.3) is 0 Å². The number of aromatic nitrogens is 2. The Kier molecular flexibility index (Phi) is 4.65. The lowest BCUT2D eigenvalue weighted by molar-refractivity contribution is 0.0954. The fraction of sp³-hybridized carbons (Fsp3) is 0.400. The van der Waals surface area contributed by atoms with Crippen molar-refractivity contribution < 1.29 is 9.53 Å². The predicted molar refractivity (Wildman–Crippen MR) is 85.3 cm³/mol. The molecular formula is C15H18N4O2S. The Morgan fingerprint density at radius 1 is 1.32 bits per heavy atom. The van der Waals surface area contributed by atoms with Crippen LogP contribution in [0.3, 0.4) is 0 Å². The summed E-state index contributed by atoms with van der Waals surface area (Å²) in [6.07, 6.45) is 0. The molecular weight excluding hydrogens is 300 g/mol. The Morgan fingerprint density at radius 3 is 2.68 bits per heavy atom. The topological polar surface area (TPSA) is 67.4 Å². The van der Waals surface area contributed by atoms with Gasteiger partial charge in [0.25, 0.3) is 5.91 Å². The van der Waals surface area contributed by atoms with E-state index in [-0.39, 0.29) is 5.91 Å². The number of hydrogen-bond acceptors (Lipinski definition) is 6. The summed E-state index contributed by atoms with van der Waals surface area (Å²) in [6.45, 7) is 5.69. The summed E-state index contributed by atoms with van der Waals surface area (Å²) in [5, 5.41) is 6.75. The molecule has 1 aliphatic heterocycles. The van der Waals surface area contributed by atoms with Gasteiger partial charge in [-0.1, -0.05) is 16.6 Å². The highest BCUT2D eigenvalue weighted by molar-refractivity contribution is 7.07. The molecule has 0 spiro atoms. The molecule has 2 aromatic rings. The monoisotopic (exact) mass is 318 g/mol. The van der Waals surface area contributed by atoms with Gasteiger partial charge in [-0.2, -0.15) is 0 Å². The average Bonchev–Trinajstić information content (AvgIpc) is 3.00. The standard InChI is InChI=1S/C15H18N4O2S/c1-11-14(22-18-17-11)15(20)16-10-12-2-4-13(5-3-12)19-6-8-21-9-7-19/h2-5H,6-10H2,1H3,(H,16,20). The quantitative estimate of drug-likeness (QED) is 0.928. The number of nitrogens with zero attached hydrogens (tertiary/aromatic N) is 3. The van der Waals surface area contributed by atoms with E-state index < -0.39 is 0 Å². The number of morpholine rings is 1. The summed E-state index contributed by atoms with van der Waals surface area (Å²) >= 11 is 1.12. The molecule has 0 radical (unpaired) electrons. The third kappa shape index (κ3) is 3.42. The zero-order valence-electron chi connectivity index (χ0n) is 12.4. The van der Waals surface area contributed by atoms with Gasteiger partial charge in [0.2, 0.25) is 0 Å². The number of benzene rings is 1. The van der Waals surface area contributed by atoms with Gasteiger partial charge >= 0.3 is 0 Å². The SMILES string of the molecule is Cc1nnsc1C(=O)NCc1ccc(N2CCOCC2)cc1. The minimum absolute atomic E-state index is 0.121. The minimum atomic E-state index is -0.121. The zero-order valence-corrected chi connectivity index (χ0v) is 13.2. The van der Waals surface area contributed by atoms with Crippen LogP contribution in [0.2, 0.25) is 0 Å². The van der Waals surface area contributed by atoms with Crippen molar-refractivity contribution >= 4 is 23.1 Å². The summed E-state index contributed by atoms with van der Waals surface area (Å²) in [5.41, 5.74) is 2.94. The van der Waals surface area contributed by atoms with E-state index in [2.05, 4.69) is 31.9 Å². The van der Waals surface area contributed by atoms with Crippen molar-refractivity contribution in [1.29, 1.82) is 0 Å². The molecule has 6 nitrogen and oxygen atoms in total. The van der Waals surface area contributed by atoms with Crippen LogP contribution < -0.4 is 10.2 Å². The second kappa shape index (κ2) is 6.85. The highest BCUT2D eigenvalue weighted by Crippen LogP contribution is 2.17. The molecule has 2 heterocycles. The Bertz CT molecular complexity index is 635. The van der Waals surface area contributed by atoms with Gasteiger partial charge in [-0.05, 0) is 36.2 Å². The minimum Gasteiger partial charge on any atom is -0.378 e. The number of ether oxygens (including phenoxy) is 1.